The largest absolute Gasteiger partial charge is 0.479 e. The predicted molar refractivity (Wildman–Crippen MR) is 59.4 cm³/mol. The van der Waals surface area contributed by atoms with Crippen LogP contribution in [0.15, 0.2) is 16.3 Å². The van der Waals surface area contributed by atoms with E-state index in [9.17, 15) is 0 Å². The van der Waals surface area contributed by atoms with Crippen LogP contribution in [0.3, 0.4) is 0 Å². The maximum atomic E-state index is 5.23. The van der Waals surface area contributed by atoms with Gasteiger partial charge in [0.05, 0.1) is 5.70 Å². The van der Waals surface area contributed by atoms with E-state index in [0.29, 0.717) is 18.4 Å². The molecule has 0 aromatic heterocycles. The number of ether oxygens (including phenoxy) is 1. The lowest BCUT2D eigenvalue weighted by atomic mass is 9.95. The van der Waals surface area contributed by atoms with Gasteiger partial charge in [0.25, 0.3) is 0 Å². The van der Waals surface area contributed by atoms with Crippen LogP contribution in [0.2, 0.25) is 0 Å². The van der Waals surface area contributed by atoms with Crippen molar-refractivity contribution >= 4 is 6.40 Å². The number of aliphatic imine (C=N–C) groups is 1. The molecule has 1 N–H and O–H groups in total. The van der Waals surface area contributed by atoms with E-state index in [2.05, 4.69) is 31.1 Å². The molecular formula is C11H20N2O. The van der Waals surface area contributed by atoms with Crippen molar-refractivity contribution in [2.24, 2.45) is 16.8 Å². The Hall–Kier alpha value is -0.830. The van der Waals surface area contributed by atoms with E-state index < -0.39 is 0 Å². The Labute approximate surface area is 86.3 Å². The van der Waals surface area contributed by atoms with Crippen molar-refractivity contribution in [3.8, 4) is 0 Å². The second-order valence-corrected chi connectivity index (χ2v) is 4.07. The molecule has 1 aliphatic rings. The summed E-state index contributed by atoms with van der Waals surface area (Å²) in [6.07, 6.45) is 1.56. The Morgan fingerprint density at radius 1 is 1.50 bits per heavy atom. The van der Waals surface area contributed by atoms with Crippen LogP contribution >= 0.6 is 0 Å². The molecule has 14 heavy (non-hydrogen) atoms. The molecule has 0 aromatic rings. The van der Waals surface area contributed by atoms with Gasteiger partial charge in [-0.15, -0.1) is 0 Å². The van der Waals surface area contributed by atoms with Gasteiger partial charge in [-0.05, 0) is 18.5 Å². The van der Waals surface area contributed by atoms with Gasteiger partial charge in [0, 0.05) is 12.5 Å². The third-order valence-electron chi connectivity index (χ3n) is 2.51. The fourth-order valence-electron chi connectivity index (χ4n) is 1.69. The lowest BCUT2D eigenvalue weighted by molar-refractivity contribution is 0.326. The summed E-state index contributed by atoms with van der Waals surface area (Å²) < 4.78 is 5.23. The Morgan fingerprint density at radius 2 is 2.21 bits per heavy atom. The summed E-state index contributed by atoms with van der Waals surface area (Å²) in [4.78, 5) is 4.34. The number of nitrogens with one attached hydrogen (secondary N) is 1. The Kier molecular flexibility index (Phi) is 4.14. The molecule has 0 saturated carbocycles. The van der Waals surface area contributed by atoms with Crippen molar-refractivity contribution in [1.29, 1.82) is 0 Å². The highest BCUT2D eigenvalue weighted by Gasteiger charge is 2.18. The van der Waals surface area contributed by atoms with Crippen LogP contribution in [0, 0.1) is 11.8 Å². The molecule has 3 heteroatoms. The Bertz CT molecular complexity index is 244. The monoisotopic (exact) mass is 196 g/mol. The average molecular weight is 196 g/mol. The smallest absolute Gasteiger partial charge is 0.174 e. The Balaban J connectivity index is 2.83. The predicted octanol–water partition coefficient (Wildman–Crippen LogP) is 1.81. The number of hydrogen-bond donors (Lipinski definition) is 1. The molecule has 0 amide bonds. The molecule has 1 atom stereocenters. The van der Waals surface area contributed by atoms with Gasteiger partial charge in [-0.25, -0.2) is 4.99 Å². The van der Waals surface area contributed by atoms with E-state index in [1.165, 1.54) is 11.3 Å². The van der Waals surface area contributed by atoms with Crippen molar-refractivity contribution < 1.29 is 4.74 Å². The van der Waals surface area contributed by atoms with Crippen LogP contribution in [0.4, 0.5) is 0 Å². The van der Waals surface area contributed by atoms with Gasteiger partial charge < -0.3 is 10.1 Å². The maximum Gasteiger partial charge on any atom is 0.174 e. The number of hydrogen-bond acceptors (Lipinski definition) is 3. The quantitative estimate of drug-likeness (QED) is 0.744. The van der Waals surface area contributed by atoms with E-state index in [-0.39, 0.29) is 0 Å². The normalized spacial score (nSPS) is 18.6. The first kappa shape index (κ1) is 11.2. The molecule has 0 spiro atoms. The molecule has 0 aromatic carbocycles. The molecule has 0 bridgehead atoms. The molecular weight excluding hydrogens is 176 g/mol. The molecule has 1 heterocycles. The molecule has 1 aliphatic heterocycles. The zero-order chi connectivity index (χ0) is 10.6. The molecule has 1 rings (SSSR count). The zero-order valence-corrected chi connectivity index (χ0v) is 9.50. The summed E-state index contributed by atoms with van der Waals surface area (Å²) in [6.45, 7) is 8.22. The first-order chi connectivity index (χ1) is 6.66. The van der Waals surface area contributed by atoms with Gasteiger partial charge in [-0.3, -0.25) is 0 Å². The summed E-state index contributed by atoms with van der Waals surface area (Å²) >= 11 is 0. The highest BCUT2D eigenvalue weighted by molar-refractivity contribution is 5.52. The van der Waals surface area contributed by atoms with E-state index >= 15 is 0 Å². The van der Waals surface area contributed by atoms with Gasteiger partial charge in [-0.2, -0.15) is 0 Å². The first-order valence-electron chi connectivity index (χ1n) is 5.18. The van der Waals surface area contributed by atoms with Crippen LogP contribution in [-0.2, 0) is 4.74 Å². The molecule has 0 radical (unpaired) electrons. The molecule has 0 saturated heterocycles. The second kappa shape index (κ2) is 5.15. The molecule has 0 fully saturated rings. The van der Waals surface area contributed by atoms with Crippen LogP contribution in [-0.4, -0.2) is 26.6 Å². The van der Waals surface area contributed by atoms with Gasteiger partial charge >= 0.3 is 0 Å². The van der Waals surface area contributed by atoms with E-state index in [0.717, 1.165) is 6.54 Å². The van der Waals surface area contributed by atoms with Crippen LogP contribution in [0.25, 0.3) is 0 Å². The minimum atomic E-state index is 0.456. The van der Waals surface area contributed by atoms with Gasteiger partial charge in [-0.1, -0.05) is 20.8 Å². The SMILES string of the molecule is CNCC(C)C1=C(C(C)C)COC=N1. The molecule has 1 unspecified atom stereocenters. The van der Waals surface area contributed by atoms with Crippen LogP contribution in [0.5, 0.6) is 0 Å². The van der Waals surface area contributed by atoms with Crippen molar-refractivity contribution in [3.05, 3.63) is 11.3 Å². The highest BCUT2D eigenvalue weighted by atomic mass is 16.5. The first-order valence-corrected chi connectivity index (χ1v) is 5.18. The van der Waals surface area contributed by atoms with E-state index in [1.807, 2.05) is 7.05 Å². The summed E-state index contributed by atoms with van der Waals surface area (Å²) in [5, 5.41) is 3.18. The maximum absolute atomic E-state index is 5.23. The molecule has 80 valence electrons. The zero-order valence-electron chi connectivity index (χ0n) is 9.50. The minimum Gasteiger partial charge on any atom is -0.479 e. The van der Waals surface area contributed by atoms with E-state index in [4.69, 9.17) is 4.74 Å². The summed E-state index contributed by atoms with van der Waals surface area (Å²) in [7, 11) is 1.97. The van der Waals surface area contributed by atoms with Gasteiger partial charge in [0.2, 0.25) is 0 Å². The summed E-state index contributed by atoms with van der Waals surface area (Å²) in [6, 6.07) is 0. The van der Waals surface area contributed by atoms with Crippen LogP contribution in [0.1, 0.15) is 20.8 Å². The van der Waals surface area contributed by atoms with Crippen LogP contribution < -0.4 is 5.32 Å². The standard InChI is InChI=1S/C11H20N2O/c1-8(2)10-6-14-7-13-11(10)9(3)5-12-4/h7-9,12H,5-6H2,1-4H3. The minimum absolute atomic E-state index is 0.456. The van der Waals surface area contributed by atoms with Gasteiger partial charge in [0.1, 0.15) is 6.61 Å². The molecule has 3 nitrogen and oxygen atoms in total. The highest BCUT2D eigenvalue weighted by Crippen LogP contribution is 2.24. The summed E-state index contributed by atoms with van der Waals surface area (Å²) in [5.74, 6) is 0.972. The third kappa shape index (κ3) is 2.58. The summed E-state index contributed by atoms with van der Waals surface area (Å²) in [5.41, 5.74) is 2.52. The van der Waals surface area contributed by atoms with Crippen molar-refractivity contribution in [2.45, 2.75) is 20.8 Å². The number of rotatable bonds is 4. The lowest BCUT2D eigenvalue weighted by Gasteiger charge is -2.22. The third-order valence-corrected chi connectivity index (χ3v) is 2.51. The van der Waals surface area contributed by atoms with Crippen molar-refractivity contribution in [1.82, 2.24) is 5.32 Å². The molecule has 0 aliphatic carbocycles. The fourth-order valence-corrected chi connectivity index (χ4v) is 1.69. The Morgan fingerprint density at radius 3 is 2.79 bits per heavy atom. The average Bonchev–Trinajstić information content (AvgIpc) is 2.18. The topological polar surface area (TPSA) is 33.6 Å². The van der Waals surface area contributed by atoms with Crippen molar-refractivity contribution in [3.63, 3.8) is 0 Å². The lowest BCUT2D eigenvalue weighted by Crippen LogP contribution is -2.22. The second-order valence-electron chi connectivity index (χ2n) is 4.07. The number of nitrogens with zero attached hydrogens (tertiary/aromatic N) is 1. The van der Waals surface area contributed by atoms with E-state index in [1.54, 1.807) is 6.40 Å². The van der Waals surface area contributed by atoms with Crippen molar-refractivity contribution in [2.75, 3.05) is 20.2 Å². The fraction of sp³-hybridized carbons (Fsp3) is 0.727. The van der Waals surface area contributed by atoms with Gasteiger partial charge in [0.15, 0.2) is 6.40 Å².